The van der Waals surface area contributed by atoms with Gasteiger partial charge in [-0.3, -0.25) is 0 Å². The second-order valence-electron chi connectivity index (χ2n) is 9.79. The third-order valence-electron chi connectivity index (χ3n) is 7.37. The normalized spacial score (nSPS) is 20.4. The molecular weight excluding hydrogens is 436 g/mol. The van der Waals surface area contributed by atoms with E-state index in [4.69, 9.17) is 9.47 Å². The maximum Gasteiger partial charge on any atom is 0.344 e. The van der Waals surface area contributed by atoms with Crippen molar-refractivity contribution in [3.8, 4) is 5.75 Å². The van der Waals surface area contributed by atoms with Gasteiger partial charge in [-0.25, -0.2) is 9.59 Å². The molecule has 0 radical (unpaired) electrons. The molecule has 1 saturated carbocycles. The summed E-state index contributed by atoms with van der Waals surface area (Å²) in [4.78, 5) is 24.9. The number of aryl methyl sites for hydroxylation is 1. The van der Waals surface area contributed by atoms with Gasteiger partial charge in [-0.2, -0.15) is 0 Å². The quantitative estimate of drug-likeness (QED) is 0.290. The molecule has 0 atom stereocenters. The molecule has 0 amide bonds. The summed E-state index contributed by atoms with van der Waals surface area (Å²) in [6, 6.07) is 23.4. The third-order valence-corrected chi connectivity index (χ3v) is 7.37. The molecule has 1 fully saturated rings. The Labute approximate surface area is 208 Å². The topological polar surface area (TPSA) is 52.6 Å². The van der Waals surface area contributed by atoms with Gasteiger partial charge in [0.1, 0.15) is 5.75 Å². The summed E-state index contributed by atoms with van der Waals surface area (Å²) < 4.78 is 10.4. The van der Waals surface area contributed by atoms with Gasteiger partial charge >= 0.3 is 11.9 Å². The minimum absolute atomic E-state index is 0.0478. The Hall–Kier alpha value is -3.40. The Kier molecular flexibility index (Phi) is 7.70. The molecule has 3 aromatic rings. The molecule has 3 aromatic carbocycles. The third kappa shape index (κ3) is 5.48. The lowest BCUT2D eigenvalue weighted by Gasteiger charge is -2.38. The first kappa shape index (κ1) is 24.7. The summed E-state index contributed by atoms with van der Waals surface area (Å²) in [5.74, 6) is 0.0936. The molecule has 0 spiro atoms. The molecule has 0 aliphatic heterocycles. The highest BCUT2D eigenvalue weighted by molar-refractivity contribution is 6.03. The van der Waals surface area contributed by atoms with Crippen molar-refractivity contribution in [2.24, 2.45) is 5.92 Å². The number of carbonyl (C=O) groups excluding carboxylic acids is 2. The predicted molar refractivity (Wildman–Crippen MR) is 138 cm³/mol. The summed E-state index contributed by atoms with van der Waals surface area (Å²) >= 11 is 0. The predicted octanol–water partition coefficient (Wildman–Crippen LogP) is 7.28. The Morgan fingerprint density at radius 1 is 0.771 bits per heavy atom. The number of methoxy groups -OCH3 is 1. The fourth-order valence-electron chi connectivity index (χ4n) is 5.34. The van der Waals surface area contributed by atoms with E-state index in [0.29, 0.717) is 5.75 Å². The van der Waals surface area contributed by atoms with E-state index in [-0.39, 0.29) is 16.5 Å². The lowest BCUT2D eigenvalue weighted by Crippen LogP contribution is -2.29. The second kappa shape index (κ2) is 10.9. The molecule has 0 heterocycles. The van der Waals surface area contributed by atoms with Crippen LogP contribution in [0.3, 0.4) is 0 Å². The minimum Gasteiger partial charge on any atom is -0.465 e. The lowest BCUT2D eigenvalue weighted by molar-refractivity contribution is 0.0587. The summed E-state index contributed by atoms with van der Waals surface area (Å²) in [5, 5.41) is 0. The van der Waals surface area contributed by atoms with Gasteiger partial charge in [0.2, 0.25) is 0 Å². The van der Waals surface area contributed by atoms with E-state index in [0.717, 1.165) is 18.8 Å². The molecular formula is C31H34O4. The Morgan fingerprint density at radius 3 is 1.83 bits per heavy atom. The van der Waals surface area contributed by atoms with Crippen LogP contribution in [-0.4, -0.2) is 19.0 Å². The number of hydrogen-bond acceptors (Lipinski definition) is 4. The fourth-order valence-corrected chi connectivity index (χ4v) is 5.34. The van der Waals surface area contributed by atoms with Crippen LogP contribution in [0.2, 0.25) is 0 Å². The first-order valence-electron chi connectivity index (χ1n) is 12.5. The number of carbonyl (C=O) groups is 2. The molecule has 1 aliphatic carbocycles. The number of rotatable bonds is 5. The van der Waals surface area contributed by atoms with Crippen molar-refractivity contribution in [3.63, 3.8) is 0 Å². The van der Waals surface area contributed by atoms with E-state index in [1.807, 2.05) is 12.1 Å². The summed E-state index contributed by atoms with van der Waals surface area (Å²) in [5.41, 5.74) is 4.21. The summed E-state index contributed by atoms with van der Waals surface area (Å²) in [6.45, 7) is 4.48. The van der Waals surface area contributed by atoms with E-state index < -0.39 is 11.9 Å². The zero-order chi connectivity index (χ0) is 24.8. The average molecular weight is 471 g/mol. The van der Waals surface area contributed by atoms with E-state index in [1.165, 1.54) is 49.5 Å². The lowest BCUT2D eigenvalue weighted by atomic mass is 9.66. The van der Waals surface area contributed by atoms with Crippen LogP contribution < -0.4 is 4.74 Å². The molecule has 0 saturated heterocycles. The zero-order valence-electron chi connectivity index (χ0n) is 20.9. The molecule has 4 nitrogen and oxygen atoms in total. The second-order valence-corrected chi connectivity index (χ2v) is 9.79. The molecule has 35 heavy (non-hydrogen) atoms. The Morgan fingerprint density at radius 2 is 1.29 bits per heavy atom. The number of esters is 2. The Balaban J connectivity index is 1.61. The molecule has 182 valence electrons. The molecule has 1 aliphatic rings. The van der Waals surface area contributed by atoms with Crippen LogP contribution in [0, 0.1) is 12.8 Å². The number of benzene rings is 3. The van der Waals surface area contributed by atoms with Crippen molar-refractivity contribution in [2.45, 2.75) is 57.8 Å². The molecule has 0 unspecified atom stereocenters. The van der Waals surface area contributed by atoms with Gasteiger partial charge < -0.3 is 9.47 Å². The zero-order valence-corrected chi connectivity index (χ0v) is 20.9. The summed E-state index contributed by atoms with van der Waals surface area (Å²) in [7, 11) is 1.29. The maximum absolute atomic E-state index is 12.8. The average Bonchev–Trinajstić information content (AvgIpc) is 2.87. The van der Waals surface area contributed by atoms with Crippen molar-refractivity contribution in [3.05, 3.63) is 101 Å². The van der Waals surface area contributed by atoms with Gasteiger partial charge in [0.05, 0.1) is 18.2 Å². The van der Waals surface area contributed by atoms with Crippen molar-refractivity contribution in [1.82, 2.24) is 0 Å². The number of ether oxygens (including phenoxy) is 2. The monoisotopic (exact) mass is 470 g/mol. The van der Waals surface area contributed by atoms with Crippen molar-refractivity contribution in [1.29, 1.82) is 0 Å². The van der Waals surface area contributed by atoms with Crippen molar-refractivity contribution in [2.75, 3.05) is 7.11 Å². The smallest absolute Gasteiger partial charge is 0.344 e. The highest BCUT2D eigenvalue weighted by atomic mass is 16.5. The van der Waals surface area contributed by atoms with Gasteiger partial charge in [0, 0.05) is 5.41 Å². The fraction of sp³-hybridized carbons (Fsp3) is 0.355. The van der Waals surface area contributed by atoms with Crippen LogP contribution in [0.5, 0.6) is 5.75 Å². The van der Waals surface area contributed by atoms with Gasteiger partial charge in [-0.1, -0.05) is 86.7 Å². The van der Waals surface area contributed by atoms with Crippen LogP contribution in [0.15, 0.2) is 72.8 Å². The molecule has 0 aromatic heterocycles. The first-order valence-corrected chi connectivity index (χ1v) is 12.5. The van der Waals surface area contributed by atoms with E-state index in [9.17, 15) is 9.59 Å². The van der Waals surface area contributed by atoms with Crippen molar-refractivity contribution < 1.29 is 19.1 Å². The molecule has 0 N–H and O–H groups in total. The van der Waals surface area contributed by atoms with Crippen LogP contribution in [0.4, 0.5) is 0 Å². The van der Waals surface area contributed by atoms with Crippen molar-refractivity contribution >= 4 is 11.9 Å². The van der Waals surface area contributed by atoms with E-state index in [1.54, 1.807) is 24.3 Å². The first-order chi connectivity index (χ1) is 16.9. The Bertz CT molecular complexity index is 1150. The minimum atomic E-state index is -0.577. The molecule has 4 rings (SSSR count). The highest BCUT2D eigenvalue weighted by Crippen LogP contribution is 2.44. The van der Waals surface area contributed by atoms with Gasteiger partial charge in [-0.15, -0.1) is 0 Å². The van der Waals surface area contributed by atoms with Crippen LogP contribution in [-0.2, 0) is 10.2 Å². The van der Waals surface area contributed by atoms with E-state index >= 15 is 0 Å². The molecule has 4 heteroatoms. The highest BCUT2D eigenvalue weighted by Gasteiger charge is 2.35. The van der Waals surface area contributed by atoms with Gasteiger partial charge in [-0.05, 0) is 61.1 Å². The summed E-state index contributed by atoms with van der Waals surface area (Å²) in [6.07, 6.45) is 7.09. The molecule has 0 bridgehead atoms. The SMILES string of the molecule is COC(=O)c1ccccc1C(=O)Oc1ccc(C2(c3ccc(C)cc3)CCCC(C)CCC2)cc1. The standard InChI is InChI=1S/C31H34O4/c1-22-8-6-20-31(21-7-9-22,24-14-12-23(2)13-15-24)25-16-18-26(19-17-25)35-30(33)28-11-5-4-10-27(28)29(32)34-3/h4-5,10-19,22H,6-9,20-21H2,1-3H3. The van der Waals surface area contributed by atoms with Gasteiger partial charge in [0.25, 0.3) is 0 Å². The maximum atomic E-state index is 12.8. The van der Waals surface area contributed by atoms with E-state index in [2.05, 4.69) is 50.2 Å². The van der Waals surface area contributed by atoms with Crippen LogP contribution >= 0.6 is 0 Å². The van der Waals surface area contributed by atoms with Gasteiger partial charge in [0.15, 0.2) is 0 Å². The van der Waals surface area contributed by atoms with Crippen LogP contribution in [0.1, 0.15) is 82.9 Å². The number of hydrogen-bond donors (Lipinski definition) is 0. The largest absolute Gasteiger partial charge is 0.465 e. The van der Waals surface area contributed by atoms with Crippen LogP contribution in [0.25, 0.3) is 0 Å².